The monoisotopic (exact) mass is 143 g/mol. The second kappa shape index (κ2) is 1.97. The number of aliphatic imine (C=N–C) groups is 1. The smallest absolute Gasteiger partial charge is 0.437 e. The molecule has 1 amide bonds. The van der Waals surface area contributed by atoms with Gasteiger partial charge in [0.05, 0.1) is 7.11 Å². The molecule has 1 rings (SSSR count). The number of nitrogens with zero attached hydrogens (tertiary/aromatic N) is 1. The minimum atomic E-state index is -0.689. The summed E-state index contributed by atoms with van der Waals surface area (Å²) in [6.45, 7) is 3.44. The fraction of sp³-hybridized carbons (Fsp3) is 0.667. The Morgan fingerprint density at radius 1 is 1.60 bits per heavy atom. The van der Waals surface area contributed by atoms with Gasteiger partial charge in [-0.15, -0.1) is 4.99 Å². The van der Waals surface area contributed by atoms with E-state index in [-0.39, 0.29) is 0 Å². The summed E-state index contributed by atoms with van der Waals surface area (Å²) in [5, 5.41) is 0. The normalized spacial score (nSPS) is 21.9. The molecule has 0 aromatic rings. The highest BCUT2D eigenvalue weighted by molar-refractivity contribution is 5.98. The van der Waals surface area contributed by atoms with Crippen LogP contribution in [0.4, 0.5) is 4.79 Å². The van der Waals surface area contributed by atoms with Gasteiger partial charge in [0.2, 0.25) is 5.90 Å². The van der Waals surface area contributed by atoms with E-state index in [4.69, 9.17) is 9.47 Å². The number of amides is 1. The molecule has 0 aliphatic carbocycles. The van der Waals surface area contributed by atoms with Crippen LogP contribution in [0.25, 0.3) is 0 Å². The van der Waals surface area contributed by atoms with Gasteiger partial charge in [-0.1, -0.05) is 0 Å². The molecule has 0 atom stereocenters. The van der Waals surface area contributed by atoms with Crippen LogP contribution in [0.15, 0.2) is 4.99 Å². The van der Waals surface area contributed by atoms with Crippen LogP contribution in [-0.4, -0.2) is 24.7 Å². The zero-order chi connectivity index (χ0) is 7.78. The van der Waals surface area contributed by atoms with E-state index in [0.29, 0.717) is 5.90 Å². The number of methoxy groups -OCH3 is 1. The molecule has 1 aliphatic heterocycles. The molecule has 0 spiro atoms. The number of hydrogen-bond acceptors (Lipinski definition) is 3. The second-order valence-electron chi connectivity index (χ2n) is 2.50. The standard InChI is InChI=1S/C6H9NO3/c1-6(2)4(9-3)7-5(8)10-6/h1-3H3. The van der Waals surface area contributed by atoms with Crippen molar-refractivity contribution in [2.75, 3.05) is 7.11 Å². The molecule has 0 saturated carbocycles. The summed E-state index contributed by atoms with van der Waals surface area (Å²) in [5.74, 6) is 0.331. The highest BCUT2D eigenvalue weighted by Gasteiger charge is 2.37. The molecule has 0 aromatic carbocycles. The molecule has 0 aromatic heterocycles. The Bertz CT molecular complexity index is 195. The molecule has 0 bridgehead atoms. The van der Waals surface area contributed by atoms with Crippen molar-refractivity contribution in [1.82, 2.24) is 0 Å². The first-order valence-corrected chi connectivity index (χ1v) is 2.92. The van der Waals surface area contributed by atoms with Crippen molar-refractivity contribution >= 4 is 12.0 Å². The topological polar surface area (TPSA) is 47.9 Å². The highest BCUT2D eigenvalue weighted by Crippen LogP contribution is 2.19. The summed E-state index contributed by atoms with van der Waals surface area (Å²) >= 11 is 0. The molecular weight excluding hydrogens is 134 g/mol. The predicted molar refractivity (Wildman–Crippen MR) is 35.0 cm³/mol. The van der Waals surface area contributed by atoms with Gasteiger partial charge in [0.15, 0.2) is 5.60 Å². The Kier molecular flexibility index (Phi) is 1.39. The van der Waals surface area contributed by atoms with E-state index in [2.05, 4.69) is 4.99 Å². The van der Waals surface area contributed by atoms with Gasteiger partial charge in [0.1, 0.15) is 0 Å². The summed E-state index contributed by atoms with van der Waals surface area (Å²) in [6.07, 6.45) is -0.582. The van der Waals surface area contributed by atoms with Gasteiger partial charge in [-0.25, -0.2) is 4.79 Å². The summed E-state index contributed by atoms with van der Waals surface area (Å²) in [4.78, 5) is 14.0. The third-order valence-electron chi connectivity index (χ3n) is 1.24. The third-order valence-corrected chi connectivity index (χ3v) is 1.24. The molecule has 0 fully saturated rings. The first-order valence-electron chi connectivity index (χ1n) is 2.92. The molecule has 1 aliphatic rings. The van der Waals surface area contributed by atoms with E-state index >= 15 is 0 Å². The number of carbonyl (C=O) groups is 1. The number of hydrogen-bond donors (Lipinski definition) is 0. The van der Waals surface area contributed by atoms with Gasteiger partial charge < -0.3 is 9.47 Å². The minimum absolute atomic E-state index is 0.331. The zero-order valence-corrected chi connectivity index (χ0v) is 6.17. The van der Waals surface area contributed by atoms with Crippen molar-refractivity contribution in [3.63, 3.8) is 0 Å². The van der Waals surface area contributed by atoms with Crippen LogP contribution in [0.2, 0.25) is 0 Å². The first-order chi connectivity index (χ1) is 4.56. The van der Waals surface area contributed by atoms with Gasteiger partial charge in [0, 0.05) is 0 Å². The molecule has 10 heavy (non-hydrogen) atoms. The average molecular weight is 143 g/mol. The van der Waals surface area contributed by atoms with Crippen LogP contribution in [0.1, 0.15) is 13.8 Å². The van der Waals surface area contributed by atoms with Gasteiger partial charge >= 0.3 is 6.09 Å². The van der Waals surface area contributed by atoms with Crippen LogP contribution in [-0.2, 0) is 9.47 Å². The maximum absolute atomic E-state index is 10.5. The molecule has 0 saturated heterocycles. The van der Waals surface area contributed by atoms with E-state index in [9.17, 15) is 4.79 Å². The Labute approximate surface area is 58.8 Å². The van der Waals surface area contributed by atoms with E-state index < -0.39 is 11.7 Å². The summed E-state index contributed by atoms with van der Waals surface area (Å²) < 4.78 is 9.59. The van der Waals surface area contributed by atoms with Crippen molar-refractivity contribution in [1.29, 1.82) is 0 Å². The lowest BCUT2D eigenvalue weighted by atomic mass is 10.1. The molecular formula is C6H9NO3. The maximum Gasteiger partial charge on any atom is 0.437 e. The van der Waals surface area contributed by atoms with E-state index in [0.717, 1.165) is 0 Å². The van der Waals surface area contributed by atoms with Crippen molar-refractivity contribution < 1.29 is 14.3 Å². The van der Waals surface area contributed by atoms with E-state index in [1.54, 1.807) is 13.8 Å². The first kappa shape index (κ1) is 7.05. The lowest BCUT2D eigenvalue weighted by molar-refractivity contribution is 0.0951. The quantitative estimate of drug-likeness (QED) is 0.507. The average Bonchev–Trinajstić information content (AvgIpc) is 2.04. The fourth-order valence-corrected chi connectivity index (χ4v) is 0.794. The van der Waals surface area contributed by atoms with Crippen LogP contribution < -0.4 is 0 Å². The SMILES string of the molecule is COC1=NC(=O)OC1(C)C. The summed E-state index contributed by atoms with van der Waals surface area (Å²) in [5.41, 5.74) is -0.689. The van der Waals surface area contributed by atoms with Gasteiger partial charge in [-0.05, 0) is 13.8 Å². The number of ether oxygens (including phenoxy) is 2. The highest BCUT2D eigenvalue weighted by atomic mass is 16.6. The molecule has 56 valence electrons. The van der Waals surface area contributed by atoms with Crippen LogP contribution in [0.5, 0.6) is 0 Å². The van der Waals surface area contributed by atoms with Gasteiger partial charge in [0.25, 0.3) is 0 Å². The summed E-state index contributed by atoms with van der Waals surface area (Å²) in [7, 11) is 1.46. The fourth-order valence-electron chi connectivity index (χ4n) is 0.794. The number of rotatable bonds is 0. The molecule has 0 radical (unpaired) electrons. The van der Waals surface area contributed by atoms with Crippen molar-refractivity contribution in [2.24, 2.45) is 4.99 Å². The van der Waals surface area contributed by atoms with Crippen LogP contribution in [0, 0.1) is 0 Å². The Hall–Kier alpha value is -1.06. The Balaban J connectivity index is 2.86. The van der Waals surface area contributed by atoms with Crippen molar-refractivity contribution in [2.45, 2.75) is 19.4 Å². The number of cyclic esters (lactones) is 1. The Morgan fingerprint density at radius 2 is 2.20 bits per heavy atom. The van der Waals surface area contributed by atoms with Crippen molar-refractivity contribution in [3.05, 3.63) is 0 Å². The molecule has 0 unspecified atom stereocenters. The third kappa shape index (κ3) is 0.964. The molecule has 0 N–H and O–H groups in total. The second-order valence-corrected chi connectivity index (χ2v) is 2.50. The van der Waals surface area contributed by atoms with E-state index in [1.807, 2.05) is 0 Å². The minimum Gasteiger partial charge on any atom is -0.481 e. The Morgan fingerprint density at radius 3 is 2.40 bits per heavy atom. The van der Waals surface area contributed by atoms with Gasteiger partial charge in [-0.3, -0.25) is 0 Å². The van der Waals surface area contributed by atoms with Crippen LogP contribution >= 0.6 is 0 Å². The predicted octanol–water partition coefficient (Wildman–Crippen LogP) is 0.960. The van der Waals surface area contributed by atoms with Crippen molar-refractivity contribution in [3.8, 4) is 0 Å². The molecule has 1 heterocycles. The lowest BCUT2D eigenvalue weighted by Crippen LogP contribution is -2.31. The van der Waals surface area contributed by atoms with Crippen LogP contribution in [0.3, 0.4) is 0 Å². The largest absolute Gasteiger partial charge is 0.481 e. The molecule has 4 heteroatoms. The lowest BCUT2D eigenvalue weighted by Gasteiger charge is -2.16. The summed E-state index contributed by atoms with van der Waals surface area (Å²) in [6, 6.07) is 0. The maximum atomic E-state index is 10.5. The van der Waals surface area contributed by atoms with Gasteiger partial charge in [-0.2, -0.15) is 0 Å². The number of carbonyl (C=O) groups excluding carboxylic acids is 1. The zero-order valence-electron chi connectivity index (χ0n) is 6.17. The van der Waals surface area contributed by atoms with E-state index in [1.165, 1.54) is 7.11 Å². The molecule has 4 nitrogen and oxygen atoms in total.